The monoisotopic (exact) mass is 272 g/mol. The van der Waals surface area contributed by atoms with Crippen molar-refractivity contribution in [3.63, 3.8) is 0 Å². The first-order chi connectivity index (χ1) is 9.51. The van der Waals surface area contributed by atoms with Gasteiger partial charge in [-0.1, -0.05) is 12.1 Å². The molecule has 1 fully saturated rings. The predicted octanol–water partition coefficient (Wildman–Crippen LogP) is 1.64. The van der Waals surface area contributed by atoms with Crippen LogP contribution in [-0.4, -0.2) is 21.0 Å². The van der Waals surface area contributed by atoms with E-state index in [1.165, 1.54) is 0 Å². The summed E-state index contributed by atoms with van der Waals surface area (Å²) in [6.45, 7) is 2.00. The molecule has 20 heavy (non-hydrogen) atoms. The molecule has 0 radical (unpaired) electrons. The number of hydrogen-bond acceptors (Lipinski definition) is 3. The second-order valence-electron chi connectivity index (χ2n) is 5.79. The van der Waals surface area contributed by atoms with E-state index < -0.39 is 11.4 Å². The smallest absolute Gasteiger partial charge is 0.237 e. The first kappa shape index (κ1) is 13.1. The largest absolute Gasteiger partial charge is 0.368 e. The molecule has 1 saturated carbocycles. The van der Waals surface area contributed by atoms with E-state index in [2.05, 4.69) is 15.6 Å². The summed E-state index contributed by atoms with van der Waals surface area (Å²) in [6, 6.07) is 8.25. The number of hydrogen-bond donors (Lipinski definition) is 2. The summed E-state index contributed by atoms with van der Waals surface area (Å²) < 4.78 is 2.21. The Morgan fingerprint density at radius 2 is 2.20 bits per heavy atom. The molecule has 106 valence electrons. The summed E-state index contributed by atoms with van der Waals surface area (Å²) in [5.74, 6) is 0.564. The zero-order chi connectivity index (χ0) is 14.3. The number of imidazole rings is 1. The maximum atomic E-state index is 11.6. The van der Waals surface area contributed by atoms with Gasteiger partial charge in [0.15, 0.2) is 0 Å². The number of aryl methyl sites for hydroxylation is 1. The summed E-state index contributed by atoms with van der Waals surface area (Å²) in [4.78, 5) is 16.2. The number of primary amides is 1. The van der Waals surface area contributed by atoms with E-state index in [1.54, 1.807) is 0 Å². The molecule has 2 unspecified atom stereocenters. The van der Waals surface area contributed by atoms with Gasteiger partial charge in [-0.3, -0.25) is 4.79 Å². The SMILES string of the molecule is Cc1nc2ccccc2n1C1CCCC(N)(C(N)=O)C1. The van der Waals surface area contributed by atoms with E-state index in [0.717, 1.165) is 29.7 Å². The fourth-order valence-corrected chi connectivity index (χ4v) is 3.35. The number of fused-ring (bicyclic) bond motifs is 1. The van der Waals surface area contributed by atoms with Gasteiger partial charge in [-0.05, 0) is 44.7 Å². The molecule has 0 spiro atoms. The maximum absolute atomic E-state index is 11.6. The first-order valence-corrected chi connectivity index (χ1v) is 7.04. The molecule has 1 aromatic heterocycles. The molecule has 2 aromatic rings. The van der Waals surface area contributed by atoms with Crippen molar-refractivity contribution in [2.24, 2.45) is 11.5 Å². The van der Waals surface area contributed by atoms with Gasteiger partial charge >= 0.3 is 0 Å². The normalized spacial score (nSPS) is 26.8. The average Bonchev–Trinajstić information content (AvgIpc) is 2.74. The number of nitrogens with two attached hydrogens (primary N) is 2. The number of para-hydroxylation sites is 2. The molecule has 0 bridgehead atoms. The first-order valence-electron chi connectivity index (χ1n) is 7.04. The molecule has 1 aliphatic carbocycles. The molecule has 1 aliphatic rings. The number of aromatic nitrogens is 2. The van der Waals surface area contributed by atoms with Crippen molar-refractivity contribution in [3.8, 4) is 0 Å². The van der Waals surface area contributed by atoms with Crippen molar-refractivity contribution in [3.05, 3.63) is 30.1 Å². The highest BCUT2D eigenvalue weighted by atomic mass is 16.1. The standard InChI is InChI=1S/C15H20N4O/c1-10-18-12-6-2-3-7-13(12)19(10)11-5-4-8-15(17,9-11)14(16)20/h2-3,6-7,11H,4-5,8-9,17H2,1H3,(H2,16,20). The summed E-state index contributed by atoms with van der Waals surface area (Å²) in [5.41, 5.74) is 12.9. The minimum absolute atomic E-state index is 0.189. The molecule has 3 rings (SSSR count). The lowest BCUT2D eigenvalue weighted by Crippen LogP contribution is -2.54. The Morgan fingerprint density at radius 1 is 1.45 bits per heavy atom. The Labute approximate surface area is 118 Å². The Hall–Kier alpha value is -1.88. The molecule has 1 amide bonds. The predicted molar refractivity (Wildman–Crippen MR) is 78.1 cm³/mol. The Balaban J connectivity index is 2.03. The van der Waals surface area contributed by atoms with Crippen LogP contribution in [0.25, 0.3) is 11.0 Å². The maximum Gasteiger partial charge on any atom is 0.237 e. The third-order valence-electron chi connectivity index (χ3n) is 4.39. The second-order valence-corrected chi connectivity index (χ2v) is 5.79. The highest BCUT2D eigenvalue weighted by Crippen LogP contribution is 2.36. The van der Waals surface area contributed by atoms with Gasteiger partial charge in [-0.2, -0.15) is 0 Å². The van der Waals surface area contributed by atoms with Crippen LogP contribution in [0.3, 0.4) is 0 Å². The highest BCUT2D eigenvalue weighted by molar-refractivity contribution is 5.84. The number of carbonyl (C=O) groups is 1. The fraction of sp³-hybridized carbons (Fsp3) is 0.467. The van der Waals surface area contributed by atoms with Gasteiger partial charge < -0.3 is 16.0 Å². The van der Waals surface area contributed by atoms with Crippen LogP contribution in [0.15, 0.2) is 24.3 Å². The highest BCUT2D eigenvalue weighted by Gasteiger charge is 2.39. The van der Waals surface area contributed by atoms with Crippen molar-refractivity contribution in [1.29, 1.82) is 0 Å². The van der Waals surface area contributed by atoms with Crippen molar-refractivity contribution in [2.45, 2.75) is 44.2 Å². The van der Waals surface area contributed by atoms with Gasteiger partial charge in [-0.15, -0.1) is 0 Å². The zero-order valence-electron chi connectivity index (χ0n) is 11.7. The molecule has 0 saturated heterocycles. The topological polar surface area (TPSA) is 86.9 Å². The van der Waals surface area contributed by atoms with Gasteiger partial charge in [-0.25, -0.2) is 4.98 Å². The molecule has 5 nitrogen and oxygen atoms in total. The zero-order valence-corrected chi connectivity index (χ0v) is 11.7. The van der Waals surface area contributed by atoms with E-state index in [9.17, 15) is 4.79 Å². The van der Waals surface area contributed by atoms with Crippen LogP contribution in [0, 0.1) is 6.92 Å². The van der Waals surface area contributed by atoms with Crippen LogP contribution in [0.4, 0.5) is 0 Å². The Morgan fingerprint density at radius 3 is 2.95 bits per heavy atom. The van der Waals surface area contributed by atoms with Crippen LogP contribution < -0.4 is 11.5 Å². The molecule has 2 atom stereocenters. The second kappa shape index (κ2) is 4.59. The van der Waals surface area contributed by atoms with E-state index in [-0.39, 0.29) is 6.04 Å². The van der Waals surface area contributed by atoms with Crippen LogP contribution >= 0.6 is 0 Å². The minimum atomic E-state index is -0.888. The quantitative estimate of drug-likeness (QED) is 0.871. The molecule has 0 aliphatic heterocycles. The molecular weight excluding hydrogens is 252 g/mol. The van der Waals surface area contributed by atoms with Gasteiger partial charge in [0.2, 0.25) is 5.91 Å². The third-order valence-corrected chi connectivity index (χ3v) is 4.39. The lowest BCUT2D eigenvalue weighted by atomic mass is 9.79. The van der Waals surface area contributed by atoms with Crippen molar-refractivity contribution >= 4 is 16.9 Å². The minimum Gasteiger partial charge on any atom is -0.368 e. The molecule has 1 aromatic carbocycles. The number of amides is 1. The van der Waals surface area contributed by atoms with E-state index in [4.69, 9.17) is 11.5 Å². The Kier molecular flexibility index (Phi) is 3.01. The number of benzene rings is 1. The summed E-state index contributed by atoms with van der Waals surface area (Å²) in [5, 5.41) is 0. The lowest BCUT2D eigenvalue weighted by Gasteiger charge is -2.36. The molecular formula is C15H20N4O. The number of carbonyl (C=O) groups excluding carboxylic acids is 1. The average molecular weight is 272 g/mol. The van der Waals surface area contributed by atoms with E-state index >= 15 is 0 Å². The third kappa shape index (κ3) is 1.98. The van der Waals surface area contributed by atoms with Crippen molar-refractivity contribution < 1.29 is 4.79 Å². The lowest BCUT2D eigenvalue weighted by molar-refractivity contribution is -0.124. The van der Waals surface area contributed by atoms with E-state index in [1.807, 2.05) is 25.1 Å². The van der Waals surface area contributed by atoms with Gasteiger partial charge in [0, 0.05) is 6.04 Å². The van der Waals surface area contributed by atoms with Crippen LogP contribution in [0.1, 0.15) is 37.5 Å². The molecule has 1 heterocycles. The summed E-state index contributed by atoms with van der Waals surface area (Å²) in [6.07, 6.45) is 3.18. The van der Waals surface area contributed by atoms with Crippen molar-refractivity contribution in [2.75, 3.05) is 0 Å². The van der Waals surface area contributed by atoms with Crippen LogP contribution in [0.2, 0.25) is 0 Å². The fourth-order valence-electron chi connectivity index (χ4n) is 3.35. The van der Waals surface area contributed by atoms with Gasteiger partial charge in [0.25, 0.3) is 0 Å². The van der Waals surface area contributed by atoms with Gasteiger partial charge in [0.05, 0.1) is 16.6 Å². The molecule has 4 N–H and O–H groups in total. The number of nitrogens with zero attached hydrogens (tertiary/aromatic N) is 2. The van der Waals surface area contributed by atoms with Crippen LogP contribution in [0.5, 0.6) is 0 Å². The summed E-state index contributed by atoms with van der Waals surface area (Å²) in [7, 11) is 0. The molecule has 5 heteroatoms. The summed E-state index contributed by atoms with van der Waals surface area (Å²) >= 11 is 0. The van der Waals surface area contributed by atoms with Gasteiger partial charge in [0.1, 0.15) is 5.82 Å². The number of rotatable bonds is 2. The Bertz CT molecular complexity index is 663. The van der Waals surface area contributed by atoms with Crippen LogP contribution in [-0.2, 0) is 4.79 Å². The van der Waals surface area contributed by atoms with Crippen molar-refractivity contribution in [1.82, 2.24) is 9.55 Å². The van der Waals surface area contributed by atoms with E-state index in [0.29, 0.717) is 12.8 Å².